The predicted octanol–water partition coefficient (Wildman–Crippen LogP) is 1.97. The summed E-state index contributed by atoms with van der Waals surface area (Å²) in [6.45, 7) is 5.20. The average molecular weight is 282 g/mol. The fourth-order valence-corrected chi connectivity index (χ4v) is 1.68. The van der Waals surface area contributed by atoms with Crippen LogP contribution in [0.25, 0.3) is 0 Å². The fraction of sp³-hybridized carbons (Fsp3) is 0.538. The van der Waals surface area contributed by atoms with Crippen molar-refractivity contribution in [1.29, 1.82) is 0 Å². The van der Waals surface area contributed by atoms with Crippen LogP contribution in [0.3, 0.4) is 0 Å². The van der Waals surface area contributed by atoms with Gasteiger partial charge in [0.05, 0.1) is 17.7 Å². The van der Waals surface area contributed by atoms with Crippen LogP contribution in [0.4, 0.5) is 5.69 Å². The lowest BCUT2D eigenvalue weighted by Crippen LogP contribution is -2.29. The van der Waals surface area contributed by atoms with Gasteiger partial charge in [-0.1, -0.05) is 13.3 Å². The lowest BCUT2D eigenvalue weighted by Gasteiger charge is -2.14. The number of rotatable bonds is 6. The third-order valence-corrected chi connectivity index (χ3v) is 2.96. The SMILES string of the molecule is CCCCOC(=O)C(C)n1cc([N+](=O)[O-])c(C)cc1=O. The van der Waals surface area contributed by atoms with E-state index in [2.05, 4.69) is 0 Å². The number of ether oxygens (including phenoxy) is 1. The second kappa shape index (κ2) is 6.83. The molecule has 1 aromatic rings. The molecule has 0 aliphatic heterocycles. The molecule has 0 saturated carbocycles. The lowest BCUT2D eigenvalue weighted by molar-refractivity contribution is -0.386. The van der Waals surface area contributed by atoms with Crippen molar-refractivity contribution < 1.29 is 14.5 Å². The van der Waals surface area contributed by atoms with Gasteiger partial charge < -0.3 is 4.74 Å². The number of aryl methyl sites for hydroxylation is 1. The van der Waals surface area contributed by atoms with E-state index in [-0.39, 0.29) is 17.9 Å². The molecule has 1 unspecified atom stereocenters. The first kappa shape index (κ1) is 15.9. The monoisotopic (exact) mass is 282 g/mol. The van der Waals surface area contributed by atoms with E-state index in [9.17, 15) is 19.7 Å². The van der Waals surface area contributed by atoms with Crippen LogP contribution in [-0.4, -0.2) is 22.1 Å². The first-order chi connectivity index (χ1) is 9.38. The van der Waals surface area contributed by atoms with E-state index in [0.29, 0.717) is 0 Å². The Morgan fingerprint density at radius 3 is 2.75 bits per heavy atom. The van der Waals surface area contributed by atoms with Crippen LogP contribution in [-0.2, 0) is 9.53 Å². The molecule has 1 heterocycles. The Morgan fingerprint density at radius 2 is 2.20 bits per heavy atom. The van der Waals surface area contributed by atoms with Crippen molar-refractivity contribution in [3.8, 4) is 0 Å². The summed E-state index contributed by atoms with van der Waals surface area (Å²) in [5, 5.41) is 10.9. The van der Waals surface area contributed by atoms with Crippen LogP contribution in [0.15, 0.2) is 17.1 Å². The van der Waals surface area contributed by atoms with Gasteiger partial charge in [-0.05, 0) is 20.3 Å². The zero-order chi connectivity index (χ0) is 15.3. The van der Waals surface area contributed by atoms with Gasteiger partial charge in [0.25, 0.3) is 11.2 Å². The summed E-state index contributed by atoms with van der Waals surface area (Å²) >= 11 is 0. The Bertz CT molecular complexity index is 564. The lowest BCUT2D eigenvalue weighted by atomic mass is 10.2. The van der Waals surface area contributed by atoms with Gasteiger partial charge in [-0.25, -0.2) is 4.79 Å². The summed E-state index contributed by atoms with van der Waals surface area (Å²) in [7, 11) is 0. The van der Waals surface area contributed by atoms with E-state index in [0.717, 1.165) is 29.7 Å². The molecule has 20 heavy (non-hydrogen) atoms. The second-order valence-corrected chi connectivity index (χ2v) is 4.54. The first-order valence-corrected chi connectivity index (χ1v) is 6.42. The maximum atomic E-state index is 11.8. The molecular weight excluding hydrogens is 264 g/mol. The summed E-state index contributed by atoms with van der Waals surface area (Å²) in [5.74, 6) is -0.571. The molecule has 0 fully saturated rings. The van der Waals surface area contributed by atoms with Crippen molar-refractivity contribution in [1.82, 2.24) is 4.57 Å². The number of unbranched alkanes of at least 4 members (excludes halogenated alkanes) is 1. The number of hydrogen-bond donors (Lipinski definition) is 0. The minimum Gasteiger partial charge on any atom is -0.464 e. The average Bonchev–Trinajstić information content (AvgIpc) is 2.37. The van der Waals surface area contributed by atoms with Crippen LogP contribution in [0, 0.1) is 17.0 Å². The maximum Gasteiger partial charge on any atom is 0.328 e. The van der Waals surface area contributed by atoms with Crippen molar-refractivity contribution >= 4 is 11.7 Å². The highest BCUT2D eigenvalue weighted by Gasteiger charge is 2.21. The van der Waals surface area contributed by atoms with Gasteiger partial charge >= 0.3 is 5.97 Å². The molecule has 1 rings (SSSR count). The highest BCUT2D eigenvalue weighted by atomic mass is 16.6. The van der Waals surface area contributed by atoms with Crippen molar-refractivity contribution in [2.24, 2.45) is 0 Å². The Labute approximate surface area is 116 Å². The third kappa shape index (κ3) is 3.66. The number of pyridine rings is 1. The molecule has 0 saturated heterocycles. The zero-order valence-electron chi connectivity index (χ0n) is 11.8. The van der Waals surface area contributed by atoms with Crippen LogP contribution < -0.4 is 5.56 Å². The Hall–Kier alpha value is -2.18. The third-order valence-electron chi connectivity index (χ3n) is 2.96. The molecule has 7 nitrogen and oxygen atoms in total. The number of carbonyl (C=O) groups is 1. The Kier molecular flexibility index (Phi) is 5.42. The van der Waals surface area contributed by atoms with Crippen LogP contribution >= 0.6 is 0 Å². The number of nitro groups is 1. The number of esters is 1. The molecular formula is C13H18N2O5. The summed E-state index contributed by atoms with van der Waals surface area (Å²) < 4.78 is 6.04. The minimum atomic E-state index is -0.890. The van der Waals surface area contributed by atoms with Crippen LogP contribution in [0.1, 0.15) is 38.3 Å². The molecule has 0 aliphatic carbocycles. The minimum absolute atomic E-state index is 0.196. The van der Waals surface area contributed by atoms with Gasteiger partial charge in [-0.15, -0.1) is 0 Å². The molecule has 0 N–H and O–H groups in total. The Balaban J connectivity index is 3.00. The van der Waals surface area contributed by atoms with Gasteiger partial charge in [0.15, 0.2) is 0 Å². The molecule has 0 amide bonds. The van der Waals surface area contributed by atoms with Gasteiger partial charge in [-0.3, -0.25) is 19.5 Å². The summed E-state index contributed by atoms with van der Waals surface area (Å²) in [6, 6.07) is 0.257. The van der Waals surface area contributed by atoms with E-state index in [1.54, 1.807) is 0 Å². The molecule has 7 heteroatoms. The topological polar surface area (TPSA) is 91.4 Å². The van der Waals surface area contributed by atoms with E-state index < -0.39 is 22.5 Å². The molecule has 1 atom stereocenters. The van der Waals surface area contributed by atoms with Crippen molar-refractivity contribution in [3.63, 3.8) is 0 Å². The van der Waals surface area contributed by atoms with E-state index >= 15 is 0 Å². The van der Waals surface area contributed by atoms with Gasteiger partial charge in [-0.2, -0.15) is 0 Å². The molecule has 110 valence electrons. The zero-order valence-corrected chi connectivity index (χ0v) is 11.8. The largest absolute Gasteiger partial charge is 0.464 e. The molecule has 0 radical (unpaired) electrons. The number of hydrogen-bond acceptors (Lipinski definition) is 5. The summed E-state index contributed by atoms with van der Waals surface area (Å²) in [5.41, 5.74) is -0.395. The Morgan fingerprint density at radius 1 is 1.55 bits per heavy atom. The fourth-order valence-electron chi connectivity index (χ4n) is 1.68. The quantitative estimate of drug-likeness (QED) is 0.344. The molecule has 1 aromatic heterocycles. The number of aromatic nitrogens is 1. The molecule has 0 aliphatic rings. The number of carbonyl (C=O) groups excluding carboxylic acids is 1. The molecule has 0 bridgehead atoms. The van der Waals surface area contributed by atoms with E-state index in [1.165, 1.54) is 13.8 Å². The number of nitrogens with zero attached hydrogens (tertiary/aromatic N) is 2. The highest BCUT2D eigenvalue weighted by Crippen LogP contribution is 2.17. The second-order valence-electron chi connectivity index (χ2n) is 4.54. The van der Waals surface area contributed by atoms with E-state index in [1.807, 2.05) is 6.92 Å². The van der Waals surface area contributed by atoms with Crippen LogP contribution in [0.2, 0.25) is 0 Å². The normalized spacial score (nSPS) is 11.9. The van der Waals surface area contributed by atoms with Crippen LogP contribution in [0.5, 0.6) is 0 Å². The van der Waals surface area contributed by atoms with Gasteiger partial charge in [0, 0.05) is 11.6 Å². The molecule has 0 spiro atoms. The molecule has 0 aromatic carbocycles. The van der Waals surface area contributed by atoms with Crippen molar-refractivity contribution in [3.05, 3.63) is 38.3 Å². The first-order valence-electron chi connectivity index (χ1n) is 6.42. The summed E-state index contributed by atoms with van der Waals surface area (Å²) in [4.78, 5) is 33.9. The maximum absolute atomic E-state index is 11.8. The summed E-state index contributed by atoms with van der Waals surface area (Å²) in [6.07, 6.45) is 2.71. The van der Waals surface area contributed by atoms with Gasteiger partial charge in [0.1, 0.15) is 6.04 Å². The standard InChI is InChI=1S/C13H18N2O5/c1-4-5-6-20-13(17)10(3)14-8-11(15(18)19)9(2)7-12(14)16/h7-8,10H,4-6H2,1-3H3. The van der Waals surface area contributed by atoms with Gasteiger partial charge in [0.2, 0.25) is 0 Å². The smallest absolute Gasteiger partial charge is 0.328 e. The van der Waals surface area contributed by atoms with Crippen molar-refractivity contribution in [2.45, 2.75) is 39.7 Å². The van der Waals surface area contributed by atoms with Crippen molar-refractivity contribution in [2.75, 3.05) is 6.61 Å². The predicted molar refractivity (Wildman–Crippen MR) is 72.7 cm³/mol. The van der Waals surface area contributed by atoms with E-state index in [4.69, 9.17) is 4.74 Å². The highest BCUT2D eigenvalue weighted by molar-refractivity contribution is 5.73.